The van der Waals surface area contributed by atoms with E-state index in [0.29, 0.717) is 25.9 Å². The molecule has 2 heterocycles. The van der Waals surface area contributed by atoms with Crippen molar-refractivity contribution in [2.75, 3.05) is 31.7 Å². The highest BCUT2D eigenvalue weighted by Crippen LogP contribution is 2.31. The van der Waals surface area contributed by atoms with Crippen LogP contribution in [0.5, 0.6) is 0 Å². The van der Waals surface area contributed by atoms with Crippen LogP contribution in [0.3, 0.4) is 0 Å². The Morgan fingerprint density at radius 3 is 2.63 bits per heavy atom. The van der Waals surface area contributed by atoms with Crippen LogP contribution >= 0.6 is 0 Å². The second-order valence-electron chi connectivity index (χ2n) is 8.16. The highest BCUT2D eigenvalue weighted by atomic mass is 16.5. The summed E-state index contributed by atoms with van der Waals surface area (Å²) < 4.78 is 17.0. The summed E-state index contributed by atoms with van der Waals surface area (Å²) in [4.78, 5) is 3.63. The number of benzene rings is 2. The molecular weight excluding hydrogens is 376 g/mol. The van der Waals surface area contributed by atoms with Crippen LogP contribution in [-0.4, -0.2) is 43.6 Å². The van der Waals surface area contributed by atoms with Crippen molar-refractivity contribution in [3.05, 3.63) is 54.1 Å². The molecule has 0 aliphatic carbocycles. The summed E-state index contributed by atoms with van der Waals surface area (Å²) in [5, 5.41) is 4.95. The zero-order valence-corrected chi connectivity index (χ0v) is 17.9. The molecule has 0 spiro atoms. The molecule has 1 aromatic heterocycles. The molecule has 5 heteroatoms. The van der Waals surface area contributed by atoms with Gasteiger partial charge >= 0.3 is 0 Å². The molecule has 0 saturated carbocycles. The van der Waals surface area contributed by atoms with E-state index in [4.69, 9.17) is 14.2 Å². The minimum atomic E-state index is 0.233. The Balaban J connectivity index is 1.56. The van der Waals surface area contributed by atoms with Crippen LogP contribution in [0.15, 0.2) is 48.5 Å². The maximum atomic E-state index is 5.87. The van der Waals surface area contributed by atoms with Crippen molar-refractivity contribution in [3.63, 3.8) is 0 Å². The monoisotopic (exact) mass is 408 g/mol. The average molecular weight is 409 g/mol. The van der Waals surface area contributed by atoms with Gasteiger partial charge in [-0.1, -0.05) is 30.3 Å². The van der Waals surface area contributed by atoms with Crippen LogP contribution in [0, 0.1) is 0 Å². The fourth-order valence-electron chi connectivity index (χ4n) is 3.87. The Morgan fingerprint density at radius 2 is 1.87 bits per heavy atom. The molecule has 160 valence electrons. The molecule has 30 heavy (non-hydrogen) atoms. The minimum absolute atomic E-state index is 0.233. The summed E-state index contributed by atoms with van der Waals surface area (Å²) in [7, 11) is 0. The largest absolute Gasteiger partial charge is 0.381 e. The van der Waals surface area contributed by atoms with Crippen molar-refractivity contribution >= 4 is 16.6 Å². The van der Waals surface area contributed by atoms with E-state index in [2.05, 4.69) is 52.8 Å². The number of hydrogen-bond donors (Lipinski definition) is 2. The number of anilines is 1. The van der Waals surface area contributed by atoms with Gasteiger partial charge in [-0.2, -0.15) is 0 Å². The van der Waals surface area contributed by atoms with E-state index in [1.165, 1.54) is 16.5 Å². The number of fused-ring (bicyclic) bond motifs is 1. The van der Waals surface area contributed by atoms with E-state index in [1.807, 2.05) is 19.9 Å². The third-order valence-corrected chi connectivity index (χ3v) is 5.40. The van der Waals surface area contributed by atoms with Crippen LogP contribution in [0.25, 0.3) is 22.2 Å². The zero-order chi connectivity index (χ0) is 20.8. The smallest absolute Gasteiger partial charge is 0.0719 e. The fourth-order valence-corrected chi connectivity index (χ4v) is 3.87. The first-order chi connectivity index (χ1) is 14.7. The van der Waals surface area contributed by atoms with Crippen LogP contribution in [0.4, 0.5) is 5.69 Å². The lowest BCUT2D eigenvalue weighted by atomic mass is 10.1. The Kier molecular flexibility index (Phi) is 7.05. The first-order valence-electron chi connectivity index (χ1n) is 10.9. The Labute approximate surface area is 178 Å². The van der Waals surface area contributed by atoms with Gasteiger partial charge in [0, 0.05) is 30.3 Å². The SMILES string of the molecule is CC(C)OCCOCc1cc(NC2CCOCC2)c2[nH]c(-c3ccccc3)cc2c1. The summed E-state index contributed by atoms with van der Waals surface area (Å²) in [6.45, 7) is 7.51. The number of aromatic nitrogens is 1. The third-order valence-electron chi connectivity index (χ3n) is 5.40. The van der Waals surface area contributed by atoms with Gasteiger partial charge in [-0.25, -0.2) is 0 Å². The molecule has 0 unspecified atom stereocenters. The molecule has 1 aliphatic heterocycles. The van der Waals surface area contributed by atoms with Crippen molar-refractivity contribution in [2.24, 2.45) is 0 Å². The number of aromatic amines is 1. The number of ether oxygens (including phenoxy) is 3. The molecule has 0 bridgehead atoms. The Morgan fingerprint density at radius 1 is 1.07 bits per heavy atom. The van der Waals surface area contributed by atoms with E-state index in [0.717, 1.165) is 43.0 Å². The number of hydrogen-bond acceptors (Lipinski definition) is 4. The molecule has 2 aromatic carbocycles. The highest BCUT2D eigenvalue weighted by Gasteiger charge is 2.16. The standard InChI is InChI=1S/C25H32N2O3/c1-18(2)30-13-12-29-17-19-14-21-16-23(20-6-4-3-5-7-20)27-25(21)24(15-19)26-22-8-10-28-11-9-22/h3-7,14-16,18,22,26-27H,8-13,17H2,1-2H3. The van der Waals surface area contributed by atoms with E-state index in [1.54, 1.807) is 0 Å². The highest BCUT2D eigenvalue weighted by molar-refractivity contribution is 5.95. The molecule has 2 N–H and O–H groups in total. The molecule has 3 aromatic rings. The van der Waals surface area contributed by atoms with E-state index in [9.17, 15) is 0 Å². The molecular formula is C25H32N2O3. The molecule has 0 atom stereocenters. The van der Waals surface area contributed by atoms with Gasteiger partial charge in [-0.3, -0.25) is 0 Å². The lowest BCUT2D eigenvalue weighted by Gasteiger charge is -2.24. The molecule has 0 amide bonds. The van der Waals surface area contributed by atoms with Gasteiger partial charge in [0.05, 0.1) is 37.1 Å². The van der Waals surface area contributed by atoms with E-state index < -0.39 is 0 Å². The fraction of sp³-hybridized carbons (Fsp3) is 0.440. The van der Waals surface area contributed by atoms with E-state index >= 15 is 0 Å². The van der Waals surface area contributed by atoms with Gasteiger partial charge in [0.25, 0.3) is 0 Å². The van der Waals surface area contributed by atoms with Crippen LogP contribution in [0.2, 0.25) is 0 Å². The van der Waals surface area contributed by atoms with Gasteiger partial charge in [-0.15, -0.1) is 0 Å². The lowest BCUT2D eigenvalue weighted by molar-refractivity contribution is 0.0143. The lowest BCUT2D eigenvalue weighted by Crippen LogP contribution is -2.28. The van der Waals surface area contributed by atoms with Crippen molar-refractivity contribution in [2.45, 2.75) is 45.4 Å². The minimum Gasteiger partial charge on any atom is -0.381 e. The first-order valence-corrected chi connectivity index (χ1v) is 10.9. The summed E-state index contributed by atoms with van der Waals surface area (Å²) in [6.07, 6.45) is 2.29. The Hall–Kier alpha value is -2.34. The molecule has 1 aliphatic rings. The molecule has 0 radical (unpaired) electrons. The predicted octanol–water partition coefficient (Wildman–Crippen LogP) is 5.37. The number of nitrogens with one attached hydrogen (secondary N) is 2. The van der Waals surface area contributed by atoms with Crippen molar-refractivity contribution in [3.8, 4) is 11.3 Å². The Bertz CT molecular complexity index is 930. The maximum absolute atomic E-state index is 5.87. The van der Waals surface area contributed by atoms with Crippen molar-refractivity contribution < 1.29 is 14.2 Å². The topological polar surface area (TPSA) is 55.5 Å². The second-order valence-corrected chi connectivity index (χ2v) is 8.16. The zero-order valence-electron chi connectivity index (χ0n) is 17.9. The van der Waals surface area contributed by atoms with Gasteiger partial charge in [0.2, 0.25) is 0 Å². The maximum Gasteiger partial charge on any atom is 0.0719 e. The van der Waals surface area contributed by atoms with Crippen LogP contribution in [0.1, 0.15) is 32.3 Å². The van der Waals surface area contributed by atoms with Gasteiger partial charge in [0.1, 0.15) is 0 Å². The van der Waals surface area contributed by atoms with Crippen molar-refractivity contribution in [1.82, 2.24) is 4.98 Å². The average Bonchev–Trinajstić information content (AvgIpc) is 3.19. The quantitative estimate of drug-likeness (QED) is 0.468. The first kappa shape index (κ1) is 20.9. The van der Waals surface area contributed by atoms with Gasteiger partial charge < -0.3 is 24.5 Å². The molecule has 1 fully saturated rings. The van der Waals surface area contributed by atoms with E-state index in [-0.39, 0.29) is 6.10 Å². The second kappa shape index (κ2) is 10.1. The molecule has 1 saturated heterocycles. The summed E-state index contributed by atoms with van der Waals surface area (Å²) in [5.74, 6) is 0. The number of rotatable bonds is 9. The summed E-state index contributed by atoms with van der Waals surface area (Å²) in [6, 6.07) is 17.5. The van der Waals surface area contributed by atoms with Crippen LogP contribution < -0.4 is 5.32 Å². The van der Waals surface area contributed by atoms with Crippen molar-refractivity contribution in [1.29, 1.82) is 0 Å². The van der Waals surface area contributed by atoms with Gasteiger partial charge in [-0.05, 0) is 56.0 Å². The van der Waals surface area contributed by atoms with Gasteiger partial charge in [0.15, 0.2) is 0 Å². The summed E-state index contributed by atoms with van der Waals surface area (Å²) >= 11 is 0. The normalized spacial score (nSPS) is 15.2. The molecule has 5 nitrogen and oxygen atoms in total. The summed E-state index contributed by atoms with van der Waals surface area (Å²) in [5.41, 5.74) is 5.77. The molecule has 4 rings (SSSR count). The van der Waals surface area contributed by atoms with Crippen LogP contribution in [-0.2, 0) is 20.8 Å². The predicted molar refractivity (Wildman–Crippen MR) is 122 cm³/mol. The third kappa shape index (κ3) is 5.42. The number of H-pyrrole nitrogens is 1.